The number of carbonyl (C=O) groups excluding carboxylic acids is 3. The van der Waals surface area contributed by atoms with Gasteiger partial charge in [-0.05, 0) is 84.9 Å². The van der Waals surface area contributed by atoms with Crippen molar-refractivity contribution in [1.82, 2.24) is 5.32 Å². The third kappa shape index (κ3) is 8.23. The molecule has 0 spiro atoms. The fourth-order valence-corrected chi connectivity index (χ4v) is 4.67. The number of halogens is 1. The molecule has 7 nitrogen and oxygen atoms in total. The molecule has 0 aliphatic carbocycles. The van der Waals surface area contributed by atoms with Crippen LogP contribution in [0.15, 0.2) is 108 Å². The van der Waals surface area contributed by atoms with Gasteiger partial charge in [-0.15, -0.1) is 11.8 Å². The van der Waals surface area contributed by atoms with Gasteiger partial charge in [0.1, 0.15) is 17.2 Å². The fraction of sp³-hybridized carbons (Fsp3) is 0.0938. The lowest BCUT2D eigenvalue weighted by atomic mass is 10.1. The highest BCUT2D eigenvalue weighted by molar-refractivity contribution is 8.00. The largest absolute Gasteiger partial charge is 0.497 e. The number of Topliss-reactive ketones (excluding diaryl/α,β-unsaturated/α-hetero) is 1. The number of methoxy groups -OCH3 is 2. The van der Waals surface area contributed by atoms with E-state index in [-0.39, 0.29) is 17.2 Å². The summed E-state index contributed by atoms with van der Waals surface area (Å²) >= 11 is 7.28. The highest BCUT2D eigenvalue weighted by atomic mass is 35.5. The van der Waals surface area contributed by atoms with Crippen molar-refractivity contribution in [2.45, 2.75) is 4.90 Å². The highest BCUT2D eigenvalue weighted by Crippen LogP contribution is 2.27. The molecule has 0 saturated carbocycles. The van der Waals surface area contributed by atoms with E-state index in [0.717, 1.165) is 4.90 Å². The van der Waals surface area contributed by atoms with Gasteiger partial charge in [-0.3, -0.25) is 14.4 Å². The van der Waals surface area contributed by atoms with Gasteiger partial charge in [0.05, 0.1) is 20.0 Å². The number of hydrogen-bond acceptors (Lipinski definition) is 6. The number of thioether (sulfide) groups is 1. The van der Waals surface area contributed by atoms with Crippen LogP contribution in [0.5, 0.6) is 11.5 Å². The SMILES string of the molecule is COc1ccc(OC)c(/C=C(\NC(=O)c2ccccc2)C(=O)Nc2ccc(SCC(=O)c3ccc(Cl)cc3)cc2)c1. The predicted molar refractivity (Wildman–Crippen MR) is 163 cm³/mol. The second kappa shape index (κ2) is 14.2. The van der Waals surface area contributed by atoms with E-state index < -0.39 is 11.8 Å². The molecule has 4 aromatic rings. The van der Waals surface area contributed by atoms with Gasteiger partial charge < -0.3 is 20.1 Å². The Labute approximate surface area is 247 Å². The Morgan fingerprint density at radius 3 is 2.20 bits per heavy atom. The Kier molecular flexibility index (Phi) is 10.2. The molecule has 2 N–H and O–H groups in total. The summed E-state index contributed by atoms with van der Waals surface area (Å²) in [4.78, 5) is 39.7. The molecule has 0 radical (unpaired) electrons. The Morgan fingerprint density at radius 2 is 1.54 bits per heavy atom. The molecule has 0 unspecified atom stereocenters. The van der Waals surface area contributed by atoms with E-state index in [1.54, 1.807) is 84.9 Å². The number of ether oxygens (including phenoxy) is 2. The molecule has 0 atom stereocenters. The van der Waals surface area contributed by atoms with Crippen LogP contribution >= 0.6 is 23.4 Å². The van der Waals surface area contributed by atoms with E-state index >= 15 is 0 Å². The Morgan fingerprint density at radius 1 is 0.829 bits per heavy atom. The minimum absolute atomic E-state index is 0.0115. The van der Waals surface area contributed by atoms with Gasteiger partial charge in [-0.1, -0.05) is 29.8 Å². The number of benzene rings is 4. The summed E-state index contributed by atoms with van der Waals surface area (Å²) in [7, 11) is 3.06. The second-order valence-electron chi connectivity index (χ2n) is 8.68. The Hall–Kier alpha value is -4.53. The third-order valence-corrected chi connectivity index (χ3v) is 7.18. The maximum absolute atomic E-state index is 13.4. The van der Waals surface area contributed by atoms with Crippen LogP contribution in [0.3, 0.4) is 0 Å². The lowest BCUT2D eigenvalue weighted by Gasteiger charge is -2.13. The van der Waals surface area contributed by atoms with Crippen molar-refractivity contribution in [2.75, 3.05) is 25.3 Å². The van der Waals surface area contributed by atoms with Gasteiger partial charge in [0.25, 0.3) is 11.8 Å². The third-order valence-electron chi connectivity index (χ3n) is 5.91. The standard InChI is InChI=1S/C32H27ClN2O5S/c1-39-26-14-17-30(40-2)23(18-26)19-28(35-31(37)22-6-4-3-5-7-22)32(38)34-25-12-15-27(16-13-25)41-20-29(36)21-8-10-24(33)11-9-21/h3-19H,20H2,1-2H3,(H,34,38)(H,35,37)/b28-19-. The first-order chi connectivity index (χ1) is 19.9. The average molecular weight is 587 g/mol. The normalized spacial score (nSPS) is 11.0. The van der Waals surface area contributed by atoms with Crippen molar-refractivity contribution < 1.29 is 23.9 Å². The molecule has 9 heteroatoms. The van der Waals surface area contributed by atoms with Crippen molar-refractivity contribution in [2.24, 2.45) is 0 Å². The number of rotatable bonds is 11. The lowest BCUT2D eigenvalue weighted by molar-refractivity contribution is -0.113. The van der Waals surface area contributed by atoms with Crippen LogP contribution in [0.4, 0.5) is 5.69 Å². The van der Waals surface area contributed by atoms with E-state index in [1.165, 1.54) is 32.1 Å². The smallest absolute Gasteiger partial charge is 0.272 e. The highest BCUT2D eigenvalue weighted by Gasteiger charge is 2.17. The molecule has 0 bridgehead atoms. The molecule has 0 fully saturated rings. The maximum Gasteiger partial charge on any atom is 0.272 e. The van der Waals surface area contributed by atoms with Crippen LogP contribution in [0.2, 0.25) is 5.02 Å². The predicted octanol–water partition coefficient (Wildman–Crippen LogP) is 6.74. The van der Waals surface area contributed by atoms with Gasteiger partial charge >= 0.3 is 0 Å². The molecule has 0 aliphatic rings. The van der Waals surface area contributed by atoms with Crippen molar-refractivity contribution in [3.05, 3.63) is 124 Å². The fourth-order valence-electron chi connectivity index (χ4n) is 3.75. The number of amides is 2. The van der Waals surface area contributed by atoms with Crippen LogP contribution in [0, 0.1) is 0 Å². The van der Waals surface area contributed by atoms with Crippen LogP contribution in [0.1, 0.15) is 26.3 Å². The number of hydrogen-bond donors (Lipinski definition) is 2. The first-order valence-electron chi connectivity index (χ1n) is 12.5. The van der Waals surface area contributed by atoms with E-state index in [1.807, 2.05) is 12.1 Å². The van der Waals surface area contributed by atoms with Crippen molar-refractivity contribution in [1.29, 1.82) is 0 Å². The second-order valence-corrected chi connectivity index (χ2v) is 10.2. The minimum atomic E-state index is -0.530. The van der Waals surface area contributed by atoms with Gasteiger partial charge in [-0.25, -0.2) is 0 Å². The van der Waals surface area contributed by atoms with Crippen molar-refractivity contribution >= 4 is 52.7 Å². The van der Waals surface area contributed by atoms with E-state index in [4.69, 9.17) is 21.1 Å². The summed E-state index contributed by atoms with van der Waals surface area (Å²) in [6.07, 6.45) is 1.53. The number of carbonyl (C=O) groups is 3. The van der Waals surface area contributed by atoms with E-state index in [2.05, 4.69) is 10.6 Å². The zero-order chi connectivity index (χ0) is 29.2. The molecular formula is C32H27ClN2O5S. The molecule has 208 valence electrons. The minimum Gasteiger partial charge on any atom is -0.497 e. The summed E-state index contributed by atoms with van der Waals surface area (Å²) in [6, 6.07) is 27.6. The molecule has 4 aromatic carbocycles. The van der Waals surface area contributed by atoms with Crippen molar-refractivity contribution in [3.8, 4) is 11.5 Å². The van der Waals surface area contributed by atoms with Gasteiger partial charge in [0.15, 0.2) is 5.78 Å². The summed E-state index contributed by atoms with van der Waals surface area (Å²) in [5.41, 5.74) is 2.06. The van der Waals surface area contributed by atoms with Crippen LogP contribution in [-0.4, -0.2) is 37.6 Å². The van der Waals surface area contributed by atoms with Gasteiger partial charge in [0.2, 0.25) is 0 Å². The van der Waals surface area contributed by atoms with Crippen LogP contribution in [-0.2, 0) is 4.79 Å². The molecule has 41 heavy (non-hydrogen) atoms. The molecule has 4 rings (SSSR count). The zero-order valence-electron chi connectivity index (χ0n) is 22.3. The van der Waals surface area contributed by atoms with Crippen molar-refractivity contribution in [3.63, 3.8) is 0 Å². The molecule has 0 heterocycles. The number of nitrogens with one attached hydrogen (secondary N) is 2. The number of ketones is 1. The van der Waals surface area contributed by atoms with Gasteiger partial charge in [0, 0.05) is 32.3 Å². The summed E-state index contributed by atoms with van der Waals surface area (Å²) in [5.74, 6) is 0.339. The van der Waals surface area contributed by atoms with Crippen LogP contribution in [0.25, 0.3) is 6.08 Å². The zero-order valence-corrected chi connectivity index (χ0v) is 23.9. The molecule has 2 amide bonds. The first-order valence-corrected chi connectivity index (χ1v) is 13.9. The lowest BCUT2D eigenvalue weighted by Crippen LogP contribution is -2.30. The Balaban J connectivity index is 1.50. The maximum atomic E-state index is 13.4. The summed E-state index contributed by atoms with van der Waals surface area (Å²) < 4.78 is 10.8. The molecule has 0 aromatic heterocycles. The average Bonchev–Trinajstić information content (AvgIpc) is 3.00. The topological polar surface area (TPSA) is 93.7 Å². The van der Waals surface area contributed by atoms with Crippen LogP contribution < -0.4 is 20.1 Å². The molecule has 0 aliphatic heterocycles. The number of anilines is 1. The van der Waals surface area contributed by atoms with Gasteiger partial charge in [-0.2, -0.15) is 0 Å². The van der Waals surface area contributed by atoms with E-state index in [9.17, 15) is 14.4 Å². The first kappa shape index (κ1) is 29.5. The summed E-state index contributed by atoms with van der Waals surface area (Å²) in [6.45, 7) is 0. The molecular weight excluding hydrogens is 560 g/mol. The monoisotopic (exact) mass is 586 g/mol. The molecule has 0 saturated heterocycles. The quantitative estimate of drug-likeness (QED) is 0.115. The Bertz CT molecular complexity index is 1560. The summed E-state index contributed by atoms with van der Waals surface area (Å²) in [5, 5.41) is 6.12. The van der Waals surface area contributed by atoms with E-state index in [0.29, 0.717) is 38.9 Å².